The van der Waals surface area contributed by atoms with Crippen LogP contribution in [0.3, 0.4) is 0 Å². The number of carbonyl (C=O) groups excluding carboxylic acids is 5. The molecule has 8 N–H and O–H groups in total. The van der Waals surface area contributed by atoms with Crippen LogP contribution in [-0.4, -0.2) is 165 Å². The third kappa shape index (κ3) is 18.9. The molecule has 0 unspecified atom stereocenters. The first-order valence-corrected chi connectivity index (χ1v) is 32.0. The number of halogens is 10. The van der Waals surface area contributed by atoms with Crippen LogP contribution in [0.15, 0.2) is 99.2 Å². The van der Waals surface area contributed by atoms with Gasteiger partial charge in [0, 0.05) is 78.5 Å². The van der Waals surface area contributed by atoms with Crippen molar-refractivity contribution in [1.29, 1.82) is 0 Å². The summed E-state index contributed by atoms with van der Waals surface area (Å²) >= 11 is 22.2. The van der Waals surface area contributed by atoms with E-state index in [-0.39, 0.29) is 92.5 Å². The lowest BCUT2D eigenvalue weighted by molar-refractivity contribution is -0.128. The largest absolute Gasteiger partial charge is 0.384 e. The summed E-state index contributed by atoms with van der Waals surface area (Å²) in [7, 11) is 6.43. The number of likely N-dealkylation sites (tertiary alicyclic amines) is 2. The molecule has 2 fully saturated rings. The molecular formula is C60H58Cl3F4I3N18O7. The van der Waals surface area contributed by atoms with Crippen molar-refractivity contribution in [3.05, 3.63) is 172 Å². The van der Waals surface area contributed by atoms with Crippen LogP contribution in [0.5, 0.6) is 0 Å². The highest BCUT2D eigenvalue weighted by Gasteiger charge is 2.39. The van der Waals surface area contributed by atoms with Crippen molar-refractivity contribution in [3.8, 4) is 24.2 Å². The number of ether oxygens (including phenoxy) is 2. The Bertz CT molecular complexity index is 4380. The molecule has 11 rings (SSSR count). The highest BCUT2D eigenvalue weighted by Crippen LogP contribution is 2.34. The zero-order valence-electron chi connectivity index (χ0n) is 50.6. The van der Waals surface area contributed by atoms with Gasteiger partial charge in [0.05, 0.1) is 78.1 Å². The normalized spacial score (nSPS) is 15.2. The number of nitrogens with zero attached hydrogens (tertiary/aromatic N) is 13. The maximum atomic E-state index is 14.6. The number of nitrogens with one attached hydrogen (secondary N) is 2. The lowest BCUT2D eigenvalue weighted by atomic mass is 10.1. The van der Waals surface area contributed by atoms with Crippen molar-refractivity contribution in [3.63, 3.8) is 0 Å². The fourth-order valence-electron chi connectivity index (χ4n) is 9.62. The maximum Gasteiger partial charge on any atom is 0.255 e. The van der Waals surface area contributed by atoms with Crippen LogP contribution < -0.4 is 27.8 Å². The smallest absolute Gasteiger partial charge is 0.255 e. The van der Waals surface area contributed by atoms with Gasteiger partial charge in [-0.05, 0) is 123 Å². The molecule has 0 aliphatic carbocycles. The predicted octanol–water partition coefficient (Wildman–Crippen LogP) is 8.46. The van der Waals surface area contributed by atoms with Gasteiger partial charge in [-0.2, -0.15) is 10.2 Å². The van der Waals surface area contributed by atoms with E-state index in [1.54, 1.807) is 76.4 Å². The predicted molar refractivity (Wildman–Crippen MR) is 376 cm³/mol. The molecule has 35 heteroatoms. The van der Waals surface area contributed by atoms with Crippen LogP contribution in [0.4, 0.5) is 35.0 Å². The minimum Gasteiger partial charge on any atom is -0.384 e. The van der Waals surface area contributed by atoms with E-state index in [0.717, 1.165) is 11.8 Å². The Hall–Kier alpha value is -8.11. The summed E-state index contributed by atoms with van der Waals surface area (Å²) in [5, 5.41) is 15.4. The number of nitrogen functional groups attached to an aromatic ring is 1. The van der Waals surface area contributed by atoms with Gasteiger partial charge in [-0.3, -0.25) is 28.0 Å². The molecule has 0 saturated carbocycles. The van der Waals surface area contributed by atoms with Crippen molar-refractivity contribution in [1.82, 2.24) is 62.5 Å². The van der Waals surface area contributed by atoms with E-state index in [9.17, 15) is 36.7 Å². The van der Waals surface area contributed by atoms with Crippen molar-refractivity contribution < 1.29 is 51.0 Å². The number of imidazole rings is 3. The van der Waals surface area contributed by atoms with Crippen LogP contribution in [-0.2, 0) is 23.9 Å². The van der Waals surface area contributed by atoms with Crippen LogP contribution in [0.1, 0.15) is 62.6 Å². The first kappa shape index (κ1) is 75.9. The second kappa shape index (κ2) is 35.6. The number of anilines is 3. The first-order valence-electron chi connectivity index (χ1n) is 27.5. The number of hydrogen-bond acceptors (Lipinski definition) is 16. The summed E-state index contributed by atoms with van der Waals surface area (Å²) in [5.74, 6) is 5.89. The number of amides is 4. The Kier molecular flexibility index (Phi) is 28.4. The van der Waals surface area contributed by atoms with Gasteiger partial charge < -0.3 is 56.3 Å². The fourth-order valence-corrected chi connectivity index (χ4v) is 11.3. The van der Waals surface area contributed by atoms with Crippen LogP contribution in [0, 0.1) is 58.2 Å². The van der Waals surface area contributed by atoms with Gasteiger partial charge in [0.15, 0.2) is 29.0 Å². The second-order valence-corrected chi connectivity index (χ2v) is 24.2. The zero-order chi connectivity index (χ0) is 70.0. The Morgan fingerprint density at radius 3 is 1.61 bits per heavy atom. The lowest BCUT2D eigenvalue weighted by Crippen LogP contribution is -2.37. The Balaban J connectivity index is 0.000000203. The summed E-state index contributed by atoms with van der Waals surface area (Å²) in [6.45, 7) is 8.57. The molecular weight excluding hydrogens is 1650 g/mol. The number of primary amides is 2. The van der Waals surface area contributed by atoms with Crippen molar-refractivity contribution >= 4 is 167 Å². The summed E-state index contributed by atoms with van der Waals surface area (Å²) in [6.07, 6.45) is 21.0. The Morgan fingerprint density at radius 1 is 0.695 bits per heavy atom. The molecule has 0 radical (unpaired) electrons. The van der Waals surface area contributed by atoms with E-state index in [0.29, 0.717) is 90.0 Å². The summed E-state index contributed by atoms with van der Waals surface area (Å²) in [4.78, 5) is 76.5. The monoisotopic (exact) mass is 1700 g/mol. The van der Waals surface area contributed by atoms with Gasteiger partial charge in [0.1, 0.15) is 67.8 Å². The fraction of sp³-hybridized carbons (Fsp3) is 0.250. The van der Waals surface area contributed by atoms with E-state index in [1.165, 1.54) is 64.1 Å². The van der Waals surface area contributed by atoms with Gasteiger partial charge in [-0.25, -0.2) is 46.9 Å². The first-order chi connectivity index (χ1) is 45.3. The van der Waals surface area contributed by atoms with E-state index >= 15 is 0 Å². The van der Waals surface area contributed by atoms with E-state index in [1.807, 2.05) is 67.8 Å². The highest BCUT2D eigenvalue weighted by molar-refractivity contribution is 14.1. The Morgan fingerprint density at radius 2 is 1.16 bits per heavy atom. The third-order valence-corrected chi connectivity index (χ3v) is 16.9. The van der Waals surface area contributed by atoms with Gasteiger partial charge in [0.25, 0.3) is 11.8 Å². The topological polar surface area (TPSA) is 313 Å². The van der Waals surface area contributed by atoms with E-state index in [4.69, 9.17) is 72.7 Å². The molecule has 2 aliphatic rings. The third-order valence-electron chi connectivity index (χ3n) is 13.7. The maximum absolute atomic E-state index is 14.6. The van der Waals surface area contributed by atoms with Crippen molar-refractivity contribution in [2.24, 2.45) is 11.5 Å². The molecule has 500 valence electrons. The van der Waals surface area contributed by atoms with Crippen molar-refractivity contribution in [2.45, 2.75) is 37.0 Å². The summed E-state index contributed by atoms with van der Waals surface area (Å²) < 4.78 is 72.7. The molecule has 2 aliphatic heterocycles. The summed E-state index contributed by atoms with van der Waals surface area (Å²) in [6, 6.07) is 5.53. The molecule has 0 aromatic carbocycles. The molecule has 0 spiro atoms. The standard InChI is InChI=1S/C23H23ClFN7O3.C16H21N5O3.C7H3ClFIN2.C7H4FIN2.C5H4FIN2.C2H3ClO/c1-4-20(33)30-10-14(8-15(30)12-35-3)32-23(27-2)21(22(26)34)17(29-32)6-5-13-7-19-28-9-18(24)31(19)11-16(13)25;1-5-12-14(15(17)23)16(18-3)21(19-12)10-7-11(9-24-4)20(8-10)13(22)6-2;8-6-2-11-7-1-5(10)4(9)3-12(6)7;8-5-4-11-2-1-10-7(11)3-6(5)9;6-3-2-9-5(8)1-4(3)7;3-1-2-4/h4,7,9,11,14-15,27H,1,8,10,12H2,2-3H3,(H2,26,34);1,6,10-11,18H,2,7-9H2,3-4H3,(H2,17,23);1-3H;1-4H;1-2H,(H2,8,9);2H,1H2/t14-,15+;10-,11+;;;;/m00..../s1. The number of fused-ring (bicyclic) bond motifs is 3. The molecule has 0 bridgehead atoms. The molecule has 4 atom stereocenters. The number of pyridine rings is 4. The zero-order valence-corrected chi connectivity index (χ0v) is 59.3. The second-order valence-electron chi connectivity index (χ2n) is 19.7. The Labute approximate surface area is 596 Å². The molecule has 25 nitrogen and oxygen atoms in total. The molecule has 11 heterocycles. The van der Waals surface area contributed by atoms with Crippen LogP contribution in [0.25, 0.3) is 16.9 Å². The van der Waals surface area contributed by atoms with Gasteiger partial charge in [0.2, 0.25) is 11.8 Å². The summed E-state index contributed by atoms with van der Waals surface area (Å²) in [5.41, 5.74) is 18.7. The molecule has 4 amide bonds. The lowest BCUT2D eigenvalue weighted by Gasteiger charge is -2.22. The molecule has 9 aromatic heterocycles. The number of aromatic nitrogens is 11. The quantitative estimate of drug-likeness (QED) is 0.0180. The number of aldehydes is 1. The van der Waals surface area contributed by atoms with Crippen LogP contribution >= 0.6 is 103 Å². The van der Waals surface area contributed by atoms with Gasteiger partial charge in [-0.1, -0.05) is 42.3 Å². The van der Waals surface area contributed by atoms with Crippen LogP contribution in [0.2, 0.25) is 10.3 Å². The molecule has 9 aromatic rings. The van der Waals surface area contributed by atoms with Gasteiger partial charge in [-0.15, -0.1) is 18.0 Å². The number of methoxy groups -OCH3 is 2. The van der Waals surface area contributed by atoms with Gasteiger partial charge >= 0.3 is 0 Å². The van der Waals surface area contributed by atoms with Crippen molar-refractivity contribution in [2.75, 3.05) is 76.9 Å². The van der Waals surface area contributed by atoms with E-state index in [2.05, 4.69) is 71.7 Å². The highest BCUT2D eigenvalue weighted by atomic mass is 127. The average molecular weight is 1710 g/mol. The number of hydrogen-bond donors (Lipinski definition) is 5. The number of nitrogens with two attached hydrogens (primary N) is 3. The average Bonchev–Trinajstić information content (AvgIpc) is 1.65. The number of rotatable bonds is 13. The minimum absolute atomic E-state index is 0.0551. The van der Waals surface area contributed by atoms with E-state index < -0.39 is 17.6 Å². The number of carbonyl (C=O) groups is 5. The number of terminal acetylenes is 1. The minimum atomic E-state index is -0.744. The molecule has 2 saturated heterocycles. The molecule has 95 heavy (non-hydrogen) atoms. The SMILES string of the molecule is C#Cc1nn([C@H]2C[C@H](COC)N(C(=O)C=C)C2)c(NC)c1C(N)=O.C=CC(=O)N1C[C@@H](n2nc(C#Cc3cc4ncc(Cl)n4cc3F)c(C(N)=O)c2NC)C[C@@H]1COC.Fc1cn2c(Cl)cnc2cc1I.Fc1cn2ccnc2cc1I.Nc1cc(I)c(F)cn1.O=CCCl. The number of alkyl halides is 1.